The minimum absolute atomic E-state index is 0.0236. The van der Waals surface area contributed by atoms with Crippen LogP contribution in [0.3, 0.4) is 0 Å². The molecule has 1 aromatic carbocycles. The molecule has 0 saturated heterocycles. The number of carbonyl (C=O) groups is 2. The number of carbonyl (C=O) groups excluding carboxylic acids is 2. The third-order valence-electron chi connectivity index (χ3n) is 4.55. The van der Waals surface area contributed by atoms with Crippen LogP contribution in [-0.4, -0.2) is 41.4 Å². The summed E-state index contributed by atoms with van der Waals surface area (Å²) in [5.74, 6) is -4.06. The van der Waals surface area contributed by atoms with Gasteiger partial charge in [0.15, 0.2) is 11.6 Å². The summed E-state index contributed by atoms with van der Waals surface area (Å²) in [6.45, 7) is 5.59. The van der Waals surface area contributed by atoms with Gasteiger partial charge < -0.3 is 15.4 Å². The zero-order valence-electron chi connectivity index (χ0n) is 15.8. The van der Waals surface area contributed by atoms with Crippen LogP contribution in [0.5, 0.6) is 0 Å². The van der Waals surface area contributed by atoms with Crippen LogP contribution in [0.1, 0.15) is 18.2 Å². The van der Waals surface area contributed by atoms with Gasteiger partial charge in [0.2, 0.25) is 5.91 Å². The number of benzene rings is 1. The molecule has 0 bridgehead atoms. The van der Waals surface area contributed by atoms with Crippen molar-refractivity contribution in [2.75, 3.05) is 13.7 Å². The lowest BCUT2D eigenvalue weighted by molar-refractivity contribution is -0.121. The number of likely N-dealkylation sites (N-methyl/N-ethyl adjacent to an activating group) is 1. The molecule has 2 N–H and O–H groups in total. The number of rotatable bonds is 4. The molecule has 1 atom stereocenters. The van der Waals surface area contributed by atoms with Gasteiger partial charge in [0.25, 0.3) is 0 Å². The summed E-state index contributed by atoms with van der Waals surface area (Å²) in [5, 5.41) is 9.06. The molecule has 3 rings (SSSR count). The number of amides is 2. The molecule has 0 unspecified atom stereocenters. The average Bonchev–Trinajstić information content (AvgIpc) is 3.07. The van der Waals surface area contributed by atoms with Crippen LogP contribution in [0, 0.1) is 17.5 Å². The highest BCUT2D eigenvalue weighted by molar-refractivity contribution is 5.90. The first-order chi connectivity index (χ1) is 13.7. The van der Waals surface area contributed by atoms with Gasteiger partial charge in [0, 0.05) is 30.7 Å². The molecule has 2 heterocycles. The van der Waals surface area contributed by atoms with Crippen LogP contribution in [0.4, 0.5) is 18.0 Å². The second-order valence-electron chi connectivity index (χ2n) is 6.58. The Labute approximate surface area is 164 Å². The zero-order valence-corrected chi connectivity index (χ0v) is 15.8. The maximum atomic E-state index is 14.3. The highest BCUT2D eigenvalue weighted by atomic mass is 19.2. The van der Waals surface area contributed by atoms with Crippen molar-refractivity contribution < 1.29 is 27.5 Å². The fourth-order valence-corrected chi connectivity index (χ4v) is 3.07. The largest absolute Gasteiger partial charge is 0.376 e. The monoisotopic (exact) mass is 408 g/mol. The van der Waals surface area contributed by atoms with Gasteiger partial charge in [0.05, 0.1) is 18.9 Å². The molecule has 0 spiro atoms. The molecule has 0 radical (unpaired) electrons. The molecule has 1 aliphatic heterocycles. The van der Waals surface area contributed by atoms with Crippen LogP contribution in [0.2, 0.25) is 0 Å². The number of nitrogens with zero attached hydrogens (tertiary/aromatic N) is 2. The van der Waals surface area contributed by atoms with E-state index >= 15 is 0 Å². The summed E-state index contributed by atoms with van der Waals surface area (Å²) in [5.41, 5.74) is 0.903. The molecule has 0 fully saturated rings. The van der Waals surface area contributed by atoms with Crippen molar-refractivity contribution >= 4 is 11.9 Å². The van der Waals surface area contributed by atoms with Crippen molar-refractivity contribution in [3.63, 3.8) is 0 Å². The van der Waals surface area contributed by atoms with Crippen molar-refractivity contribution in [1.29, 1.82) is 0 Å². The Hall–Kier alpha value is -3.14. The molecule has 2 aromatic rings. The molecule has 0 saturated carbocycles. The van der Waals surface area contributed by atoms with Crippen molar-refractivity contribution in [2.24, 2.45) is 0 Å². The Bertz CT molecular complexity index is 1000. The van der Waals surface area contributed by atoms with E-state index in [0.717, 1.165) is 4.68 Å². The minimum atomic E-state index is -1.33. The lowest BCUT2D eigenvalue weighted by Gasteiger charge is -2.19. The second-order valence-corrected chi connectivity index (χ2v) is 6.58. The fraction of sp³-hybridized carbons (Fsp3) is 0.316. The second kappa shape index (κ2) is 8.08. The predicted octanol–water partition coefficient (Wildman–Crippen LogP) is 2.29. The zero-order chi connectivity index (χ0) is 21.3. The third kappa shape index (κ3) is 3.88. The van der Waals surface area contributed by atoms with E-state index in [1.807, 2.05) is 0 Å². The molecule has 0 aliphatic carbocycles. The van der Waals surface area contributed by atoms with E-state index in [0.29, 0.717) is 42.0 Å². The summed E-state index contributed by atoms with van der Waals surface area (Å²) in [4.78, 5) is 24.8. The van der Waals surface area contributed by atoms with Crippen molar-refractivity contribution in [3.8, 4) is 11.3 Å². The smallest absolute Gasteiger partial charge is 0.343 e. The number of hydrogen-bond donors (Lipinski definition) is 2. The summed E-state index contributed by atoms with van der Waals surface area (Å²) >= 11 is 0. The molecular formula is C19H19F3N4O3. The molecule has 154 valence electrons. The standard InChI is InChI=1S/C19H19F3N4O3/c1-9(2)16(18(27)23-3)24-19(28)26-15-4-5-29-8-11(15)17(25-26)10-6-13(21)14(22)7-12(10)20/h6-7,16H,1,4-5,8H2,2-3H3,(H,23,27)(H,24,28)/t16-/m0/s1. The van der Waals surface area contributed by atoms with E-state index in [4.69, 9.17) is 4.74 Å². The molecule has 1 aliphatic rings. The molecule has 10 heteroatoms. The van der Waals surface area contributed by atoms with E-state index < -0.39 is 35.4 Å². The quantitative estimate of drug-likeness (QED) is 0.601. The van der Waals surface area contributed by atoms with Gasteiger partial charge >= 0.3 is 6.03 Å². The van der Waals surface area contributed by atoms with Gasteiger partial charge in [0.1, 0.15) is 17.6 Å². The normalized spacial score (nSPS) is 14.1. The molecule has 7 nitrogen and oxygen atoms in total. The Morgan fingerprint density at radius 2 is 1.93 bits per heavy atom. The molecule has 29 heavy (non-hydrogen) atoms. The summed E-state index contributed by atoms with van der Waals surface area (Å²) < 4.78 is 47.7. The number of nitrogens with one attached hydrogen (secondary N) is 2. The van der Waals surface area contributed by atoms with Crippen LogP contribution in [-0.2, 0) is 22.6 Å². The van der Waals surface area contributed by atoms with Gasteiger partial charge in [-0.3, -0.25) is 4.79 Å². The summed E-state index contributed by atoms with van der Waals surface area (Å²) in [6.07, 6.45) is 0.290. The summed E-state index contributed by atoms with van der Waals surface area (Å²) in [6, 6.07) is -0.641. The van der Waals surface area contributed by atoms with Gasteiger partial charge in [-0.05, 0) is 18.6 Å². The van der Waals surface area contributed by atoms with Crippen LogP contribution >= 0.6 is 0 Å². The van der Waals surface area contributed by atoms with Gasteiger partial charge in [-0.2, -0.15) is 9.78 Å². The van der Waals surface area contributed by atoms with Crippen LogP contribution in [0.15, 0.2) is 24.3 Å². The van der Waals surface area contributed by atoms with Gasteiger partial charge in [-0.1, -0.05) is 6.58 Å². The number of halogens is 3. The van der Waals surface area contributed by atoms with E-state index in [1.54, 1.807) is 6.92 Å². The topological polar surface area (TPSA) is 85.2 Å². The first-order valence-electron chi connectivity index (χ1n) is 8.75. The number of hydrogen-bond acceptors (Lipinski definition) is 4. The first kappa shape index (κ1) is 20.6. The fourth-order valence-electron chi connectivity index (χ4n) is 3.07. The maximum absolute atomic E-state index is 14.3. The van der Waals surface area contributed by atoms with Crippen molar-refractivity contribution in [3.05, 3.63) is 53.0 Å². The van der Waals surface area contributed by atoms with E-state index in [2.05, 4.69) is 22.3 Å². The van der Waals surface area contributed by atoms with E-state index in [-0.39, 0.29) is 17.9 Å². The number of fused-ring (bicyclic) bond motifs is 1. The maximum Gasteiger partial charge on any atom is 0.343 e. The van der Waals surface area contributed by atoms with Gasteiger partial charge in [-0.25, -0.2) is 18.0 Å². The summed E-state index contributed by atoms with van der Waals surface area (Å²) in [7, 11) is 1.42. The van der Waals surface area contributed by atoms with Crippen LogP contribution < -0.4 is 10.6 Å². The first-order valence-corrected chi connectivity index (χ1v) is 8.75. The van der Waals surface area contributed by atoms with Crippen molar-refractivity contribution in [2.45, 2.75) is 26.0 Å². The SMILES string of the molecule is C=C(C)[C@H](NC(=O)n1nc(-c2cc(F)c(F)cc2F)c2c1CCOC2)C(=O)NC. The minimum Gasteiger partial charge on any atom is -0.376 e. The van der Waals surface area contributed by atoms with E-state index in [9.17, 15) is 22.8 Å². The number of ether oxygens (including phenoxy) is 1. The lowest BCUT2D eigenvalue weighted by Crippen LogP contribution is -2.48. The van der Waals surface area contributed by atoms with Crippen molar-refractivity contribution in [1.82, 2.24) is 20.4 Å². The highest BCUT2D eigenvalue weighted by Crippen LogP contribution is 2.32. The predicted molar refractivity (Wildman–Crippen MR) is 97.5 cm³/mol. The Morgan fingerprint density at radius 1 is 1.24 bits per heavy atom. The number of aromatic nitrogens is 2. The van der Waals surface area contributed by atoms with Crippen LogP contribution in [0.25, 0.3) is 11.3 Å². The molecule has 1 aromatic heterocycles. The average molecular weight is 408 g/mol. The molecular weight excluding hydrogens is 389 g/mol. The Balaban J connectivity index is 2.05. The third-order valence-corrected chi connectivity index (χ3v) is 4.55. The van der Waals surface area contributed by atoms with Gasteiger partial charge in [-0.15, -0.1) is 0 Å². The molecule has 2 amide bonds. The van der Waals surface area contributed by atoms with E-state index in [1.165, 1.54) is 7.05 Å². The Kier molecular flexibility index (Phi) is 5.73. The lowest BCUT2D eigenvalue weighted by atomic mass is 10.0. The Morgan fingerprint density at radius 3 is 2.59 bits per heavy atom. The highest BCUT2D eigenvalue weighted by Gasteiger charge is 2.29.